The van der Waals surface area contributed by atoms with Gasteiger partial charge < -0.3 is 14.4 Å². The Morgan fingerprint density at radius 3 is 2.76 bits per heavy atom. The Labute approximate surface area is 129 Å². The molecule has 2 aromatic rings. The standard InChI is InChI=1S/C17H19N3S/c1-18-9-11-19(12-10-18)15-5-4-14-6-8-20-7-2-3-17(20)21-16(14)13-15/h2-8,13H,9-12H2,1H3. The van der Waals surface area contributed by atoms with Crippen LogP contribution in [0.4, 0.5) is 5.69 Å². The molecule has 3 heterocycles. The van der Waals surface area contributed by atoms with Crippen molar-refractivity contribution in [3.63, 3.8) is 0 Å². The second-order valence-electron chi connectivity index (χ2n) is 5.68. The predicted octanol–water partition coefficient (Wildman–Crippen LogP) is 3.33. The number of fused-ring (bicyclic) bond motifs is 2. The fourth-order valence-electron chi connectivity index (χ4n) is 2.87. The maximum Gasteiger partial charge on any atom is 0.0837 e. The Morgan fingerprint density at radius 1 is 1.05 bits per heavy atom. The molecule has 4 rings (SSSR count). The molecule has 0 radical (unpaired) electrons. The molecule has 4 heteroatoms. The maximum atomic E-state index is 2.49. The number of rotatable bonds is 1. The van der Waals surface area contributed by atoms with E-state index in [2.05, 4.69) is 70.2 Å². The molecular formula is C17H19N3S. The summed E-state index contributed by atoms with van der Waals surface area (Å²) in [4.78, 5) is 6.24. The number of likely N-dealkylation sites (N-methyl/N-ethyl adjacent to an activating group) is 1. The summed E-state index contributed by atoms with van der Waals surface area (Å²) in [5.41, 5.74) is 2.66. The van der Waals surface area contributed by atoms with E-state index in [1.54, 1.807) is 0 Å². The molecule has 1 saturated heterocycles. The molecule has 1 aromatic heterocycles. The number of aromatic nitrogens is 1. The topological polar surface area (TPSA) is 11.4 Å². The lowest BCUT2D eigenvalue weighted by Crippen LogP contribution is -2.44. The van der Waals surface area contributed by atoms with E-state index in [1.165, 1.54) is 21.2 Å². The summed E-state index contributed by atoms with van der Waals surface area (Å²) in [5, 5.41) is 1.28. The van der Waals surface area contributed by atoms with Gasteiger partial charge in [0.25, 0.3) is 0 Å². The highest BCUT2D eigenvalue weighted by molar-refractivity contribution is 7.99. The first-order valence-corrected chi connectivity index (χ1v) is 8.22. The molecule has 108 valence electrons. The van der Waals surface area contributed by atoms with Crippen molar-refractivity contribution in [2.75, 3.05) is 38.1 Å². The number of hydrogen-bond acceptors (Lipinski definition) is 3. The van der Waals surface area contributed by atoms with E-state index in [0.29, 0.717) is 0 Å². The van der Waals surface area contributed by atoms with Crippen LogP contribution in [0.15, 0.2) is 46.5 Å². The van der Waals surface area contributed by atoms with Gasteiger partial charge in [0, 0.05) is 49.2 Å². The summed E-state index contributed by atoms with van der Waals surface area (Å²) in [6, 6.07) is 11.1. The van der Waals surface area contributed by atoms with Crippen molar-refractivity contribution in [1.29, 1.82) is 0 Å². The molecule has 2 aliphatic heterocycles. The number of nitrogens with zero attached hydrogens (tertiary/aromatic N) is 3. The van der Waals surface area contributed by atoms with E-state index in [0.717, 1.165) is 26.2 Å². The molecule has 0 atom stereocenters. The molecule has 1 aromatic carbocycles. The van der Waals surface area contributed by atoms with Crippen LogP contribution in [-0.4, -0.2) is 42.7 Å². The molecule has 0 bridgehead atoms. The lowest BCUT2D eigenvalue weighted by molar-refractivity contribution is 0.313. The monoisotopic (exact) mass is 297 g/mol. The second kappa shape index (κ2) is 5.28. The van der Waals surface area contributed by atoms with Gasteiger partial charge in [-0.25, -0.2) is 0 Å². The first-order valence-electron chi connectivity index (χ1n) is 7.40. The van der Waals surface area contributed by atoms with E-state index in [1.807, 2.05) is 11.8 Å². The van der Waals surface area contributed by atoms with E-state index in [-0.39, 0.29) is 0 Å². The van der Waals surface area contributed by atoms with Gasteiger partial charge in [-0.3, -0.25) is 0 Å². The van der Waals surface area contributed by atoms with Crippen molar-refractivity contribution in [1.82, 2.24) is 9.47 Å². The molecule has 1 fully saturated rings. The third kappa shape index (κ3) is 2.49. The van der Waals surface area contributed by atoms with Gasteiger partial charge in [-0.2, -0.15) is 0 Å². The zero-order valence-corrected chi connectivity index (χ0v) is 13.0. The number of anilines is 1. The Bertz CT molecular complexity index is 681. The molecule has 0 saturated carbocycles. The van der Waals surface area contributed by atoms with Crippen molar-refractivity contribution in [3.05, 3.63) is 42.1 Å². The highest BCUT2D eigenvalue weighted by Crippen LogP contribution is 2.36. The summed E-state index contributed by atoms with van der Waals surface area (Å²) < 4.78 is 2.18. The van der Waals surface area contributed by atoms with Crippen LogP contribution in [0.25, 0.3) is 12.3 Å². The van der Waals surface area contributed by atoms with Crippen molar-refractivity contribution in [2.24, 2.45) is 0 Å². The lowest BCUT2D eigenvalue weighted by atomic mass is 10.1. The Balaban J connectivity index is 1.65. The van der Waals surface area contributed by atoms with Gasteiger partial charge in [-0.15, -0.1) is 0 Å². The van der Waals surface area contributed by atoms with Crippen LogP contribution in [0, 0.1) is 0 Å². The number of benzene rings is 1. The van der Waals surface area contributed by atoms with Crippen LogP contribution in [-0.2, 0) is 0 Å². The van der Waals surface area contributed by atoms with Crippen LogP contribution >= 0.6 is 11.8 Å². The minimum atomic E-state index is 1.12. The smallest absolute Gasteiger partial charge is 0.0837 e. The average molecular weight is 297 g/mol. The fraction of sp³-hybridized carbons (Fsp3) is 0.294. The summed E-state index contributed by atoms with van der Waals surface area (Å²) in [6.07, 6.45) is 6.45. The number of piperazine rings is 1. The average Bonchev–Trinajstić information content (AvgIpc) is 2.87. The molecule has 0 unspecified atom stereocenters. The normalized spacial score (nSPS) is 18.2. The van der Waals surface area contributed by atoms with Crippen molar-refractivity contribution in [3.8, 4) is 0 Å². The highest BCUT2D eigenvalue weighted by atomic mass is 32.2. The minimum absolute atomic E-state index is 1.12. The van der Waals surface area contributed by atoms with E-state index < -0.39 is 0 Å². The molecule has 0 N–H and O–H groups in total. The van der Waals surface area contributed by atoms with Gasteiger partial charge in [0.2, 0.25) is 0 Å². The molecule has 3 nitrogen and oxygen atoms in total. The van der Waals surface area contributed by atoms with Crippen LogP contribution in [0.2, 0.25) is 0 Å². The van der Waals surface area contributed by atoms with E-state index >= 15 is 0 Å². The van der Waals surface area contributed by atoms with Crippen molar-refractivity contribution < 1.29 is 0 Å². The molecule has 2 aliphatic rings. The first kappa shape index (κ1) is 13.0. The zero-order valence-electron chi connectivity index (χ0n) is 12.2. The van der Waals surface area contributed by atoms with Crippen LogP contribution in [0.1, 0.15) is 5.56 Å². The Morgan fingerprint density at radius 2 is 1.90 bits per heavy atom. The number of hydrogen-bond donors (Lipinski definition) is 0. The van der Waals surface area contributed by atoms with Gasteiger partial charge in [0.15, 0.2) is 0 Å². The highest BCUT2D eigenvalue weighted by Gasteiger charge is 2.16. The SMILES string of the molecule is CN1CCN(c2ccc3c(c2)Sc2cccn2C=C3)CC1. The summed E-state index contributed by atoms with van der Waals surface area (Å²) in [6.45, 7) is 4.53. The predicted molar refractivity (Wildman–Crippen MR) is 89.9 cm³/mol. The van der Waals surface area contributed by atoms with Crippen molar-refractivity contribution in [2.45, 2.75) is 9.92 Å². The van der Waals surface area contributed by atoms with Crippen LogP contribution in [0.3, 0.4) is 0 Å². The maximum absolute atomic E-state index is 2.49. The van der Waals surface area contributed by atoms with Gasteiger partial charge >= 0.3 is 0 Å². The van der Waals surface area contributed by atoms with Gasteiger partial charge in [0.1, 0.15) is 0 Å². The lowest BCUT2D eigenvalue weighted by Gasteiger charge is -2.34. The van der Waals surface area contributed by atoms with Gasteiger partial charge in [-0.05, 0) is 43.0 Å². The third-order valence-electron chi connectivity index (χ3n) is 4.23. The summed E-state index contributed by atoms with van der Waals surface area (Å²) >= 11 is 1.85. The fourth-order valence-corrected chi connectivity index (χ4v) is 3.90. The molecular weight excluding hydrogens is 278 g/mol. The van der Waals surface area contributed by atoms with E-state index in [9.17, 15) is 0 Å². The Kier molecular flexibility index (Phi) is 3.28. The zero-order chi connectivity index (χ0) is 14.2. The van der Waals surface area contributed by atoms with Crippen LogP contribution < -0.4 is 4.90 Å². The first-order chi connectivity index (χ1) is 10.3. The summed E-state index contributed by atoms with van der Waals surface area (Å²) in [5.74, 6) is 0. The van der Waals surface area contributed by atoms with Gasteiger partial charge in [-0.1, -0.05) is 17.8 Å². The molecule has 21 heavy (non-hydrogen) atoms. The third-order valence-corrected chi connectivity index (χ3v) is 5.36. The Hall–Kier alpha value is -1.65. The largest absolute Gasteiger partial charge is 0.369 e. The van der Waals surface area contributed by atoms with Crippen LogP contribution in [0.5, 0.6) is 0 Å². The second-order valence-corrected chi connectivity index (χ2v) is 6.75. The molecule has 0 aliphatic carbocycles. The van der Waals surface area contributed by atoms with Crippen molar-refractivity contribution >= 4 is 29.7 Å². The van der Waals surface area contributed by atoms with E-state index in [4.69, 9.17) is 0 Å². The summed E-state index contributed by atoms with van der Waals surface area (Å²) in [7, 11) is 2.20. The molecule has 0 amide bonds. The van der Waals surface area contributed by atoms with Gasteiger partial charge in [0.05, 0.1) is 5.03 Å². The minimum Gasteiger partial charge on any atom is -0.369 e. The quantitative estimate of drug-likeness (QED) is 0.683. The molecule has 0 spiro atoms.